The van der Waals surface area contributed by atoms with Crippen LogP contribution >= 0.6 is 7.82 Å². The lowest BCUT2D eigenvalue weighted by atomic mass is 10.1. The number of carbonyl (C=O) groups excluding carboxylic acids is 1. The number of carbonyl (C=O) groups is 1. The third-order valence-corrected chi connectivity index (χ3v) is 9.78. The highest BCUT2D eigenvalue weighted by Gasteiger charge is 2.26. The Bertz CT molecular complexity index is 996. The van der Waals surface area contributed by atoms with Gasteiger partial charge < -0.3 is 21.1 Å². The maximum Gasteiger partial charge on any atom is 0.472 e. The van der Waals surface area contributed by atoms with Crippen LogP contribution in [-0.2, 0) is 18.4 Å². The fourth-order valence-corrected chi connectivity index (χ4v) is 6.36. The average molecular weight is 751 g/mol. The average Bonchev–Trinajstić information content (AvgIpc) is 3.13. The molecule has 0 fully saturated rings. The molecule has 1 amide bonds. The lowest BCUT2D eigenvalue weighted by Gasteiger charge is -2.23. The van der Waals surface area contributed by atoms with E-state index in [-0.39, 0.29) is 25.7 Å². The lowest BCUT2D eigenvalue weighted by molar-refractivity contribution is -0.123. The minimum atomic E-state index is -4.35. The molecule has 0 bridgehead atoms. The molecule has 0 rings (SSSR count). The number of phosphoric acid groups is 1. The first-order chi connectivity index (χ1) is 25.4. The van der Waals surface area contributed by atoms with Crippen LogP contribution in [0, 0.1) is 0 Å². The van der Waals surface area contributed by atoms with E-state index in [1.54, 1.807) is 6.08 Å². The molecular weight excluding hydrogens is 671 g/mol. The fraction of sp³-hybridized carbons (Fsp3) is 0.744. The highest BCUT2D eigenvalue weighted by Crippen LogP contribution is 2.43. The maximum absolute atomic E-state index is 12.7. The van der Waals surface area contributed by atoms with Crippen LogP contribution in [-0.4, -0.2) is 47.8 Å². The minimum Gasteiger partial charge on any atom is -0.387 e. The van der Waals surface area contributed by atoms with E-state index in [1.165, 1.54) is 96.3 Å². The van der Waals surface area contributed by atoms with Gasteiger partial charge in [-0.3, -0.25) is 13.8 Å². The molecule has 0 heterocycles. The Balaban J connectivity index is 4.30. The molecule has 0 saturated carbocycles. The van der Waals surface area contributed by atoms with Crippen molar-refractivity contribution in [2.75, 3.05) is 19.8 Å². The number of unbranched alkanes of at least 4 members (excludes halogenated alkanes) is 18. The van der Waals surface area contributed by atoms with Gasteiger partial charge in [0, 0.05) is 13.0 Å². The van der Waals surface area contributed by atoms with Gasteiger partial charge in [0.25, 0.3) is 0 Å². The molecule has 0 radical (unpaired) electrons. The SMILES string of the molecule is CCCCC/C=C\C/C=C\CCCCCCCCCCCC(=O)NC(COP(=O)(O)OCCN)C(O)/C=C/CC/C=C/CC/C=C/CCCCCC. The number of aliphatic hydroxyl groups excluding tert-OH is 1. The minimum absolute atomic E-state index is 0.0687. The first-order valence-electron chi connectivity index (χ1n) is 20.9. The van der Waals surface area contributed by atoms with Gasteiger partial charge in [-0.15, -0.1) is 0 Å². The number of aliphatic hydroxyl groups is 1. The number of nitrogens with two attached hydrogens (primary N) is 1. The summed E-state index contributed by atoms with van der Waals surface area (Å²) >= 11 is 0. The molecule has 52 heavy (non-hydrogen) atoms. The second-order valence-electron chi connectivity index (χ2n) is 13.8. The molecule has 0 aliphatic carbocycles. The van der Waals surface area contributed by atoms with Crippen LogP contribution in [0.2, 0.25) is 0 Å². The van der Waals surface area contributed by atoms with Gasteiger partial charge in [-0.2, -0.15) is 0 Å². The van der Waals surface area contributed by atoms with E-state index in [2.05, 4.69) is 67.8 Å². The largest absolute Gasteiger partial charge is 0.472 e. The van der Waals surface area contributed by atoms with Gasteiger partial charge in [0.15, 0.2) is 0 Å². The summed E-state index contributed by atoms with van der Waals surface area (Å²) in [4.78, 5) is 22.7. The zero-order chi connectivity index (χ0) is 38.2. The molecule has 0 spiro atoms. The van der Waals surface area contributed by atoms with Crippen LogP contribution in [0.15, 0.2) is 60.8 Å². The van der Waals surface area contributed by atoms with Gasteiger partial charge in [0.2, 0.25) is 5.91 Å². The van der Waals surface area contributed by atoms with Gasteiger partial charge in [-0.1, -0.05) is 152 Å². The molecule has 3 atom stereocenters. The number of nitrogens with one attached hydrogen (secondary N) is 1. The maximum atomic E-state index is 12.7. The summed E-state index contributed by atoms with van der Waals surface area (Å²) in [6.07, 6.45) is 48.4. The Morgan fingerprint density at radius 3 is 1.63 bits per heavy atom. The van der Waals surface area contributed by atoms with Crippen LogP contribution in [0.5, 0.6) is 0 Å². The van der Waals surface area contributed by atoms with Crippen molar-refractivity contribution in [2.45, 2.75) is 187 Å². The summed E-state index contributed by atoms with van der Waals surface area (Å²) in [5.41, 5.74) is 5.36. The van der Waals surface area contributed by atoms with Gasteiger partial charge in [-0.05, 0) is 77.0 Å². The zero-order valence-corrected chi connectivity index (χ0v) is 34.2. The number of hydrogen-bond acceptors (Lipinski definition) is 6. The predicted octanol–water partition coefficient (Wildman–Crippen LogP) is 11.5. The van der Waals surface area contributed by atoms with E-state index in [9.17, 15) is 19.4 Å². The number of rotatable bonds is 38. The number of phosphoric ester groups is 1. The zero-order valence-electron chi connectivity index (χ0n) is 33.3. The van der Waals surface area contributed by atoms with Crippen LogP contribution < -0.4 is 11.1 Å². The molecule has 9 heteroatoms. The Morgan fingerprint density at radius 1 is 0.635 bits per heavy atom. The summed E-state index contributed by atoms with van der Waals surface area (Å²) in [5, 5.41) is 13.6. The first kappa shape index (κ1) is 50.2. The molecule has 8 nitrogen and oxygen atoms in total. The standard InChI is InChI=1S/C43H79N2O6P/c1-3-5-7-9-11-13-15-17-19-20-21-22-23-25-27-29-31-33-35-37-43(47)45-41(40-51-52(48,49)50-39-38-44)42(46)36-34-32-30-28-26-24-18-16-14-12-10-8-6-4-2/h11,13-14,16-17,19,26,28,34,36,41-42,46H,3-10,12,15,18,20-25,27,29-33,35,37-40,44H2,1-2H3,(H,45,47)(H,48,49)/b13-11-,16-14+,19-17-,28-26+,36-34+. The highest BCUT2D eigenvalue weighted by atomic mass is 31.2. The summed E-state index contributed by atoms with van der Waals surface area (Å²) in [6, 6.07) is -0.886. The molecule has 0 aromatic rings. The molecule has 302 valence electrons. The van der Waals surface area contributed by atoms with E-state index in [0.717, 1.165) is 57.8 Å². The topological polar surface area (TPSA) is 131 Å². The van der Waals surface area contributed by atoms with Crippen molar-refractivity contribution in [3.8, 4) is 0 Å². The van der Waals surface area contributed by atoms with E-state index in [0.29, 0.717) is 6.42 Å². The third-order valence-electron chi connectivity index (χ3n) is 8.79. The third kappa shape index (κ3) is 36.6. The summed E-state index contributed by atoms with van der Waals surface area (Å²) < 4.78 is 22.1. The number of hydrogen-bond donors (Lipinski definition) is 4. The van der Waals surface area contributed by atoms with Crippen molar-refractivity contribution >= 4 is 13.7 Å². The molecule has 5 N–H and O–H groups in total. The number of allylic oxidation sites excluding steroid dienone is 9. The van der Waals surface area contributed by atoms with E-state index in [4.69, 9.17) is 14.8 Å². The van der Waals surface area contributed by atoms with Crippen molar-refractivity contribution in [1.29, 1.82) is 0 Å². The molecule has 0 aromatic carbocycles. The summed E-state index contributed by atoms with van der Waals surface area (Å²) in [6.45, 7) is 4.04. The van der Waals surface area contributed by atoms with Gasteiger partial charge >= 0.3 is 7.82 Å². The van der Waals surface area contributed by atoms with Gasteiger partial charge in [0.05, 0.1) is 25.4 Å². The number of amides is 1. The molecule has 0 aromatic heterocycles. The van der Waals surface area contributed by atoms with Crippen molar-refractivity contribution in [3.05, 3.63) is 60.8 Å². The van der Waals surface area contributed by atoms with Crippen molar-refractivity contribution in [1.82, 2.24) is 5.32 Å². The highest BCUT2D eigenvalue weighted by molar-refractivity contribution is 7.47. The Hall–Kier alpha value is -1.80. The van der Waals surface area contributed by atoms with Crippen LogP contribution in [0.1, 0.15) is 174 Å². The van der Waals surface area contributed by atoms with E-state index in [1.807, 2.05) is 6.08 Å². The Kier molecular flexibility index (Phi) is 37.6. The van der Waals surface area contributed by atoms with Gasteiger partial charge in [-0.25, -0.2) is 4.57 Å². The quantitative estimate of drug-likeness (QED) is 0.0281. The first-order valence-corrected chi connectivity index (χ1v) is 22.4. The van der Waals surface area contributed by atoms with Crippen molar-refractivity contribution < 1.29 is 28.4 Å². The summed E-state index contributed by atoms with van der Waals surface area (Å²) in [7, 11) is -4.35. The molecule has 0 saturated heterocycles. The predicted molar refractivity (Wildman–Crippen MR) is 221 cm³/mol. The van der Waals surface area contributed by atoms with Crippen molar-refractivity contribution in [2.24, 2.45) is 5.73 Å². The van der Waals surface area contributed by atoms with Crippen molar-refractivity contribution in [3.63, 3.8) is 0 Å². The second kappa shape index (κ2) is 38.9. The molecule has 3 unspecified atom stereocenters. The van der Waals surface area contributed by atoms with E-state index < -0.39 is 20.0 Å². The van der Waals surface area contributed by atoms with Crippen LogP contribution in [0.25, 0.3) is 0 Å². The van der Waals surface area contributed by atoms with Crippen LogP contribution in [0.4, 0.5) is 0 Å². The van der Waals surface area contributed by atoms with Crippen LogP contribution in [0.3, 0.4) is 0 Å². The van der Waals surface area contributed by atoms with Gasteiger partial charge in [0.1, 0.15) is 0 Å². The lowest BCUT2D eigenvalue weighted by Crippen LogP contribution is -2.45. The molecular formula is C43H79N2O6P. The molecule has 0 aliphatic rings. The Labute approximate surface area is 319 Å². The summed E-state index contributed by atoms with van der Waals surface area (Å²) in [5.74, 6) is -0.216. The normalized spacial score (nSPS) is 14.8. The molecule has 0 aliphatic heterocycles. The fourth-order valence-electron chi connectivity index (χ4n) is 5.60. The smallest absolute Gasteiger partial charge is 0.387 e. The second-order valence-corrected chi connectivity index (χ2v) is 15.3. The monoisotopic (exact) mass is 751 g/mol. The Morgan fingerprint density at radius 2 is 1.08 bits per heavy atom. The van der Waals surface area contributed by atoms with E-state index >= 15 is 0 Å².